The number of aromatic nitrogens is 1. The summed E-state index contributed by atoms with van der Waals surface area (Å²) < 4.78 is 15.2. The molecule has 2 aromatic heterocycles. The molecule has 1 unspecified atom stereocenters. The van der Waals surface area contributed by atoms with Crippen molar-refractivity contribution in [1.29, 1.82) is 0 Å². The van der Waals surface area contributed by atoms with Gasteiger partial charge < -0.3 is 19.0 Å². The van der Waals surface area contributed by atoms with Crippen molar-refractivity contribution in [2.75, 3.05) is 7.11 Å². The second kappa shape index (κ2) is 5.92. The molecule has 0 aliphatic heterocycles. The zero-order valence-corrected chi connectivity index (χ0v) is 12.0. The molecule has 0 aromatic carbocycles. The van der Waals surface area contributed by atoms with Gasteiger partial charge in [0.05, 0.1) is 18.8 Å². The van der Waals surface area contributed by atoms with Crippen molar-refractivity contribution in [2.24, 2.45) is 0 Å². The Bertz CT molecular complexity index is 581. The van der Waals surface area contributed by atoms with Crippen LogP contribution in [-0.4, -0.2) is 18.2 Å². The fourth-order valence-electron chi connectivity index (χ4n) is 1.91. The first-order valence-electron chi connectivity index (χ1n) is 6.36. The van der Waals surface area contributed by atoms with E-state index in [9.17, 15) is 4.79 Å². The molecule has 2 heterocycles. The molecule has 2 rings (SSSR count). The average Bonchev–Trinajstić information content (AvgIpc) is 3.04. The third kappa shape index (κ3) is 2.91. The van der Waals surface area contributed by atoms with Gasteiger partial charge in [-0.2, -0.15) is 0 Å². The number of carbonyl (C=O) groups excluding carboxylic acids is 1. The zero-order chi connectivity index (χ0) is 14.7. The molecule has 0 bridgehead atoms. The summed E-state index contributed by atoms with van der Waals surface area (Å²) >= 11 is 0. The molecule has 1 N–H and O–H groups in total. The lowest BCUT2D eigenvalue weighted by molar-refractivity contribution is 0.0562. The van der Waals surface area contributed by atoms with Gasteiger partial charge in [0.2, 0.25) is 5.76 Å². The molecule has 6 nitrogen and oxygen atoms in total. The highest BCUT2D eigenvalue weighted by Crippen LogP contribution is 2.19. The van der Waals surface area contributed by atoms with Crippen molar-refractivity contribution in [2.45, 2.75) is 33.4 Å². The van der Waals surface area contributed by atoms with Gasteiger partial charge in [0.15, 0.2) is 0 Å². The quantitative estimate of drug-likeness (QED) is 0.847. The Morgan fingerprint density at radius 2 is 2.20 bits per heavy atom. The van der Waals surface area contributed by atoms with Gasteiger partial charge in [-0.25, -0.2) is 4.79 Å². The van der Waals surface area contributed by atoms with Crippen molar-refractivity contribution in [3.05, 3.63) is 40.7 Å². The fraction of sp³-hybridized carbons (Fsp3) is 0.429. The van der Waals surface area contributed by atoms with Crippen LogP contribution in [0.3, 0.4) is 0 Å². The van der Waals surface area contributed by atoms with E-state index in [-0.39, 0.29) is 11.8 Å². The molecule has 0 radical (unpaired) electrons. The first kappa shape index (κ1) is 14.3. The highest BCUT2D eigenvalue weighted by molar-refractivity contribution is 5.86. The van der Waals surface area contributed by atoms with Gasteiger partial charge >= 0.3 is 5.97 Å². The third-order valence-corrected chi connectivity index (χ3v) is 3.21. The first-order chi connectivity index (χ1) is 9.52. The number of esters is 1. The summed E-state index contributed by atoms with van der Waals surface area (Å²) in [6, 6.07) is 3.33. The van der Waals surface area contributed by atoms with Crippen LogP contribution in [0.1, 0.15) is 46.3 Å². The standard InChI is InChI=1S/C14H18N2O4/c1-8-11(10(3)20-16-8)7-15-9(2)12-5-6-13(19-12)14(17)18-4/h5-6,9,15H,7H2,1-4H3. The van der Waals surface area contributed by atoms with E-state index < -0.39 is 5.97 Å². The molecule has 6 heteroatoms. The van der Waals surface area contributed by atoms with Crippen molar-refractivity contribution >= 4 is 5.97 Å². The third-order valence-electron chi connectivity index (χ3n) is 3.21. The number of ether oxygens (including phenoxy) is 1. The molecule has 0 aliphatic rings. The van der Waals surface area contributed by atoms with Crippen LogP contribution < -0.4 is 5.32 Å². The molecule has 0 spiro atoms. The largest absolute Gasteiger partial charge is 0.463 e. The number of hydrogen-bond donors (Lipinski definition) is 1. The number of nitrogens with zero attached hydrogens (tertiary/aromatic N) is 1. The van der Waals surface area contributed by atoms with E-state index in [2.05, 4.69) is 15.2 Å². The van der Waals surface area contributed by atoms with E-state index in [4.69, 9.17) is 8.94 Å². The monoisotopic (exact) mass is 278 g/mol. The summed E-state index contributed by atoms with van der Waals surface area (Å²) in [6.07, 6.45) is 0. The number of furan rings is 1. The Hall–Kier alpha value is -2.08. The van der Waals surface area contributed by atoms with Crippen LogP contribution in [0.2, 0.25) is 0 Å². The first-order valence-corrected chi connectivity index (χ1v) is 6.36. The SMILES string of the molecule is COC(=O)c1ccc(C(C)NCc2c(C)noc2C)o1. The van der Waals surface area contributed by atoms with E-state index in [1.807, 2.05) is 20.8 Å². The van der Waals surface area contributed by atoms with Gasteiger partial charge in [0, 0.05) is 12.1 Å². The Labute approximate surface area is 117 Å². The lowest BCUT2D eigenvalue weighted by Crippen LogP contribution is -2.18. The number of nitrogens with one attached hydrogen (secondary N) is 1. The van der Waals surface area contributed by atoms with Crippen molar-refractivity contribution < 1.29 is 18.5 Å². The number of carbonyl (C=O) groups is 1. The highest BCUT2D eigenvalue weighted by Gasteiger charge is 2.16. The maximum absolute atomic E-state index is 11.3. The molecule has 20 heavy (non-hydrogen) atoms. The second-order valence-electron chi connectivity index (χ2n) is 4.60. The predicted octanol–water partition coefficient (Wildman–Crippen LogP) is 2.52. The van der Waals surface area contributed by atoms with Crippen LogP contribution >= 0.6 is 0 Å². The second-order valence-corrected chi connectivity index (χ2v) is 4.60. The smallest absolute Gasteiger partial charge is 0.373 e. The Morgan fingerprint density at radius 3 is 2.80 bits per heavy atom. The maximum atomic E-state index is 11.3. The number of hydrogen-bond acceptors (Lipinski definition) is 6. The van der Waals surface area contributed by atoms with Crippen molar-refractivity contribution in [3.63, 3.8) is 0 Å². The number of rotatable bonds is 5. The van der Waals surface area contributed by atoms with Crippen LogP contribution in [0.5, 0.6) is 0 Å². The summed E-state index contributed by atoms with van der Waals surface area (Å²) in [5, 5.41) is 7.21. The summed E-state index contributed by atoms with van der Waals surface area (Å²) in [4.78, 5) is 11.3. The van der Waals surface area contributed by atoms with E-state index in [1.165, 1.54) is 7.11 Å². The summed E-state index contributed by atoms with van der Waals surface area (Å²) in [5.74, 6) is 1.21. The fourth-order valence-corrected chi connectivity index (χ4v) is 1.91. The van der Waals surface area contributed by atoms with Crippen molar-refractivity contribution in [1.82, 2.24) is 10.5 Å². The Kier molecular flexibility index (Phi) is 4.24. The highest BCUT2D eigenvalue weighted by atomic mass is 16.5. The van der Waals surface area contributed by atoms with E-state index in [0.717, 1.165) is 17.0 Å². The molecule has 0 aliphatic carbocycles. The average molecular weight is 278 g/mol. The van der Waals surface area contributed by atoms with Gasteiger partial charge in [-0.1, -0.05) is 5.16 Å². The van der Waals surface area contributed by atoms with Crippen LogP contribution in [0.4, 0.5) is 0 Å². The maximum Gasteiger partial charge on any atom is 0.373 e. The van der Waals surface area contributed by atoms with E-state index in [1.54, 1.807) is 12.1 Å². The Morgan fingerprint density at radius 1 is 1.45 bits per heavy atom. The molecule has 1 atom stereocenters. The summed E-state index contributed by atoms with van der Waals surface area (Å²) in [5.41, 5.74) is 1.91. The lowest BCUT2D eigenvalue weighted by atomic mass is 10.2. The molecule has 2 aromatic rings. The van der Waals surface area contributed by atoms with Gasteiger partial charge in [-0.3, -0.25) is 0 Å². The van der Waals surface area contributed by atoms with E-state index in [0.29, 0.717) is 12.3 Å². The van der Waals surface area contributed by atoms with Gasteiger partial charge in [-0.15, -0.1) is 0 Å². The zero-order valence-electron chi connectivity index (χ0n) is 12.0. The van der Waals surface area contributed by atoms with E-state index >= 15 is 0 Å². The molecular formula is C14H18N2O4. The van der Waals surface area contributed by atoms with Gasteiger partial charge in [-0.05, 0) is 32.9 Å². The minimum atomic E-state index is -0.478. The van der Waals surface area contributed by atoms with Crippen LogP contribution in [0.15, 0.2) is 21.1 Å². The number of methoxy groups -OCH3 is 1. The van der Waals surface area contributed by atoms with Crippen molar-refractivity contribution in [3.8, 4) is 0 Å². The molecule has 0 saturated heterocycles. The molecule has 0 fully saturated rings. The minimum absolute atomic E-state index is 0.0397. The van der Waals surface area contributed by atoms with Gasteiger partial charge in [0.25, 0.3) is 0 Å². The molecular weight excluding hydrogens is 260 g/mol. The number of aryl methyl sites for hydroxylation is 2. The normalized spacial score (nSPS) is 12.4. The van der Waals surface area contributed by atoms with Gasteiger partial charge in [0.1, 0.15) is 11.5 Å². The van der Waals surface area contributed by atoms with Crippen LogP contribution in [-0.2, 0) is 11.3 Å². The Balaban J connectivity index is 2.00. The predicted molar refractivity (Wildman–Crippen MR) is 71.3 cm³/mol. The molecule has 108 valence electrons. The lowest BCUT2D eigenvalue weighted by Gasteiger charge is -2.10. The minimum Gasteiger partial charge on any atom is -0.463 e. The molecule has 0 amide bonds. The van der Waals surface area contributed by atoms with Crippen LogP contribution in [0, 0.1) is 13.8 Å². The topological polar surface area (TPSA) is 77.5 Å². The van der Waals surface area contributed by atoms with Crippen LogP contribution in [0.25, 0.3) is 0 Å². The molecule has 0 saturated carbocycles. The summed E-state index contributed by atoms with van der Waals surface area (Å²) in [6.45, 7) is 6.36. The summed E-state index contributed by atoms with van der Waals surface area (Å²) in [7, 11) is 1.32.